The Bertz CT molecular complexity index is 813. The van der Waals surface area contributed by atoms with E-state index in [2.05, 4.69) is 15.9 Å². The highest BCUT2D eigenvalue weighted by Gasteiger charge is 2.17. The zero-order valence-corrected chi connectivity index (χ0v) is 13.8. The summed E-state index contributed by atoms with van der Waals surface area (Å²) in [6.07, 6.45) is -0.693. The van der Waals surface area contributed by atoms with Crippen LogP contribution in [0.5, 0.6) is 0 Å². The van der Waals surface area contributed by atoms with Crippen molar-refractivity contribution in [3.63, 3.8) is 0 Å². The van der Waals surface area contributed by atoms with Crippen LogP contribution in [0.15, 0.2) is 59.1 Å². The number of benzene rings is 3. The Morgan fingerprint density at radius 3 is 2.38 bits per heavy atom. The van der Waals surface area contributed by atoms with E-state index in [1.54, 1.807) is 0 Å². The van der Waals surface area contributed by atoms with Gasteiger partial charge in [-0.3, -0.25) is 0 Å². The van der Waals surface area contributed by atoms with Crippen LogP contribution in [0.4, 0.5) is 0 Å². The van der Waals surface area contributed by atoms with Crippen LogP contribution in [0.2, 0.25) is 5.02 Å². The Morgan fingerprint density at radius 1 is 0.905 bits per heavy atom. The van der Waals surface area contributed by atoms with Gasteiger partial charge in [0.05, 0.1) is 0 Å². The number of aliphatic hydroxyl groups excluding tert-OH is 1. The average molecular weight is 362 g/mol. The first-order chi connectivity index (χ1) is 10.1. The van der Waals surface area contributed by atoms with Gasteiger partial charge in [0, 0.05) is 9.50 Å². The third kappa shape index (κ3) is 2.59. The molecule has 0 aliphatic carbocycles. The van der Waals surface area contributed by atoms with E-state index in [4.69, 9.17) is 11.6 Å². The molecule has 1 N–H and O–H groups in total. The molecule has 1 unspecified atom stereocenters. The lowest BCUT2D eigenvalue weighted by molar-refractivity contribution is 0.221. The zero-order chi connectivity index (χ0) is 15.0. The van der Waals surface area contributed by atoms with Gasteiger partial charge >= 0.3 is 0 Å². The van der Waals surface area contributed by atoms with Gasteiger partial charge in [0.1, 0.15) is 6.10 Å². The second-order valence-corrected chi connectivity index (χ2v) is 6.30. The van der Waals surface area contributed by atoms with Crippen molar-refractivity contribution in [3.05, 3.63) is 80.8 Å². The van der Waals surface area contributed by atoms with Gasteiger partial charge in [-0.15, -0.1) is 0 Å². The number of halogens is 2. The number of fused-ring (bicyclic) bond motifs is 1. The molecule has 0 aromatic heterocycles. The second kappa shape index (κ2) is 5.80. The number of hydrogen-bond acceptors (Lipinski definition) is 1. The van der Waals surface area contributed by atoms with Crippen molar-refractivity contribution in [3.8, 4) is 0 Å². The Kier molecular flexibility index (Phi) is 4.03. The maximum Gasteiger partial charge on any atom is 0.105 e. The minimum absolute atomic E-state index is 0.674. The van der Waals surface area contributed by atoms with Crippen LogP contribution >= 0.6 is 27.5 Å². The van der Waals surface area contributed by atoms with Crippen molar-refractivity contribution >= 4 is 38.3 Å². The Morgan fingerprint density at radius 2 is 1.62 bits per heavy atom. The van der Waals surface area contributed by atoms with Crippen LogP contribution < -0.4 is 0 Å². The molecule has 0 saturated heterocycles. The Hall–Kier alpha value is -1.35. The minimum Gasteiger partial charge on any atom is -0.384 e. The minimum atomic E-state index is -0.693. The van der Waals surface area contributed by atoms with Crippen LogP contribution in [0.3, 0.4) is 0 Å². The van der Waals surface area contributed by atoms with Gasteiger partial charge in [0.2, 0.25) is 0 Å². The summed E-state index contributed by atoms with van der Waals surface area (Å²) >= 11 is 9.73. The van der Waals surface area contributed by atoms with E-state index in [1.807, 2.05) is 61.5 Å². The molecular formula is C18H14BrClO. The second-order valence-electron chi connectivity index (χ2n) is 5.04. The smallest absolute Gasteiger partial charge is 0.105 e. The summed E-state index contributed by atoms with van der Waals surface area (Å²) < 4.78 is 1.02. The van der Waals surface area contributed by atoms with Crippen LogP contribution in [0.25, 0.3) is 10.8 Å². The average Bonchev–Trinajstić information content (AvgIpc) is 2.50. The lowest BCUT2D eigenvalue weighted by Gasteiger charge is -2.17. The van der Waals surface area contributed by atoms with Crippen molar-refractivity contribution < 1.29 is 5.11 Å². The van der Waals surface area contributed by atoms with Crippen LogP contribution in [0.1, 0.15) is 22.8 Å². The normalized spacial score (nSPS) is 12.6. The molecule has 1 nitrogen and oxygen atoms in total. The largest absolute Gasteiger partial charge is 0.384 e. The SMILES string of the molecule is Cc1c(Cl)cccc1C(O)c1ccc(Br)c2ccccc12. The van der Waals surface area contributed by atoms with Crippen LogP contribution in [0, 0.1) is 6.92 Å². The highest BCUT2D eigenvalue weighted by Crippen LogP contribution is 2.35. The molecular weight excluding hydrogens is 348 g/mol. The molecule has 3 heteroatoms. The summed E-state index contributed by atoms with van der Waals surface area (Å²) in [5.41, 5.74) is 2.65. The lowest BCUT2D eigenvalue weighted by atomic mass is 9.93. The Balaban J connectivity index is 2.21. The molecule has 21 heavy (non-hydrogen) atoms. The van der Waals surface area contributed by atoms with Gasteiger partial charge in [-0.2, -0.15) is 0 Å². The zero-order valence-electron chi connectivity index (χ0n) is 11.5. The van der Waals surface area contributed by atoms with Crippen LogP contribution in [-0.2, 0) is 0 Å². The predicted octanol–water partition coefficient (Wildman–Crippen LogP) is 5.65. The van der Waals surface area contributed by atoms with Gasteiger partial charge < -0.3 is 5.11 Å². The van der Waals surface area contributed by atoms with Crippen molar-refractivity contribution in [1.82, 2.24) is 0 Å². The van der Waals surface area contributed by atoms with E-state index in [9.17, 15) is 5.11 Å². The molecule has 0 aliphatic rings. The number of aliphatic hydroxyl groups is 1. The molecule has 3 aromatic carbocycles. The topological polar surface area (TPSA) is 20.2 Å². The molecule has 3 rings (SSSR count). The van der Waals surface area contributed by atoms with E-state index in [-0.39, 0.29) is 0 Å². The molecule has 106 valence electrons. The first kappa shape index (κ1) is 14.6. The van der Waals surface area contributed by atoms with E-state index in [0.29, 0.717) is 5.02 Å². The molecule has 1 atom stereocenters. The summed E-state index contributed by atoms with van der Waals surface area (Å²) in [5, 5.41) is 13.6. The molecule has 0 spiro atoms. The molecule has 0 radical (unpaired) electrons. The molecule has 0 heterocycles. The third-order valence-electron chi connectivity index (χ3n) is 3.80. The van der Waals surface area contributed by atoms with Crippen molar-refractivity contribution in [2.45, 2.75) is 13.0 Å². The third-order valence-corrected chi connectivity index (χ3v) is 4.90. The molecule has 0 amide bonds. The highest BCUT2D eigenvalue weighted by atomic mass is 79.9. The molecule has 0 saturated carbocycles. The number of rotatable bonds is 2. The van der Waals surface area contributed by atoms with E-state index in [0.717, 1.165) is 31.9 Å². The maximum absolute atomic E-state index is 10.8. The first-order valence-electron chi connectivity index (χ1n) is 6.70. The highest BCUT2D eigenvalue weighted by molar-refractivity contribution is 9.10. The molecule has 0 bridgehead atoms. The summed E-state index contributed by atoms with van der Waals surface area (Å²) in [6, 6.07) is 17.6. The summed E-state index contributed by atoms with van der Waals surface area (Å²) in [4.78, 5) is 0. The van der Waals surface area contributed by atoms with Gasteiger partial charge in [0.25, 0.3) is 0 Å². The quantitative estimate of drug-likeness (QED) is 0.625. The van der Waals surface area contributed by atoms with Crippen LogP contribution in [-0.4, -0.2) is 5.11 Å². The number of hydrogen-bond donors (Lipinski definition) is 1. The summed E-state index contributed by atoms with van der Waals surface area (Å²) in [7, 11) is 0. The van der Waals surface area contributed by atoms with Crippen molar-refractivity contribution in [2.75, 3.05) is 0 Å². The Labute approximate surface area is 137 Å². The fraction of sp³-hybridized carbons (Fsp3) is 0.111. The van der Waals surface area contributed by atoms with Crippen molar-refractivity contribution in [1.29, 1.82) is 0 Å². The first-order valence-corrected chi connectivity index (χ1v) is 7.87. The van der Waals surface area contributed by atoms with E-state index < -0.39 is 6.10 Å². The van der Waals surface area contributed by atoms with Gasteiger partial charge in [-0.25, -0.2) is 0 Å². The van der Waals surface area contributed by atoms with Gasteiger partial charge in [0.15, 0.2) is 0 Å². The van der Waals surface area contributed by atoms with E-state index >= 15 is 0 Å². The molecule has 0 aliphatic heterocycles. The summed E-state index contributed by atoms with van der Waals surface area (Å²) in [6.45, 7) is 1.93. The molecule has 3 aromatic rings. The lowest BCUT2D eigenvalue weighted by Crippen LogP contribution is -2.03. The molecule has 0 fully saturated rings. The monoisotopic (exact) mass is 360 g/mol. The van der Waals surface area contributed by atoms with Crippen molar-refractivity contribution in [2.24, 2.45) is 0 Å². The predicted molar refractivity (Wildman–Crippen MR) is 91.9 cm³/mol. The maximum atomic E-state index is 10.8. The standard InChI is InChI=1S/C18H14BrClO/c1-11-12(7-4-8-17(11)20)18(21)15-9-10-16(19)14-6-3-2-5-13(14)15/h2-10,18,21H,1H3. The fourth-order valence-corrected chi connectivity index (χ4v) is 3.27. The van der Waals surface area contributed by atoms with Gasteiger partial charge in [-0.05, 0) is 46.5 Å². The van der Waals surface area contributed by atoms with Gasteiger partial charge in [-0.1, -0.05) is 70.0 Å². The fourth-order valence-electron chi connectivity index (χ4n) is 2.61. The van der Waals surface area contributed by atoms with E-state index in [1.165, 1.54) is 0 Å². The summed E-state index contributed by atoms with van der Waals surface area (Å²) in [5.74, 6) is 0.